The van der Waals surface area contributed by atoms with E-state index in [0.29, 0.717) is 12.8 Å². The Bertz CT molecular complexity index is 677. The van der Waals surface area contributed by atoms with Gasteiger partial charge < -0.3 is 10.4 Å². The minimum atomic E-state index is -0.751. The van der Waals surface area contributed by atoms with E-state index >= 15 is 0 Å². The van der Waals surface area contributed by atoms with Gasteiger partial charge in [0.25, 0.3) is 0 Å². The Morgan fingerprint density at radius 2 is 1.88 bits per heavy atom. The van der Waals surface area contributed by atoms with E-state index in [9.17, 15) is 14.7 Å². The maximum Gasteiger partial charge on any atom is 0.311 e. The summed E-state index contributed by atoms with van der Waals surface area (Å²) in [6.07, 6.45) is 7.38. The second kappa shape index (κ2) is 5.61. The van der Waals surface area contributed by atoms with Gasteiger partial charge >= 0.3 is 5.97 Å². The molecule has 0 aliphatic heterocycles. The molecule has 0 saturated heterocycles. The molecular formula is C20H25NO3. The Hall–Kier alpha value is -1.84. The zero-order chi connectivity index (χ0) is 16.8. The summed E-state index contributed by atoms with van der Waals surface area (Å²) in [5, 5.41) is 12.6. The summed E-state index contributed by atoms with van der Waals surface area (Å²) < 4.78 is 0. The molecule has 3 aliphatic carbocycles. The highest BCUT2D eigenvalue weighted by molar-refractivity contribution is 5.86. The average molecular weight is 327 g/mol. The van der Waals surface area contributed by atoms with Gasteiger partial charge in [0.1, 0.15) is 0 Å². The molecule has 4 rings (SSSR count). The van der Waals surface area contributed by atoms with Crippen LogP contribution in [0.2, 0.25) is 0 Å². The highest BCUT2D eigenvalue weighted by Gasteiger charge is 2.61. The molecule has 2 fully saturated rings. The fourth-order valence-corrected chi connectivity index (χ4v) is 5.01. The van der Waals surface area contributed by atoms with Gasteiger partial charge in [-0.2, -0.15) is 0 Å². The largest absolute Gasteiger partial charge is 0.481 e. The molecule has 2 saturated carbocycles. The maximum atomic E-state index is 12.7. The normalized spacial score (nSPS) is 29.9. The van der Waals surface area contributed by atoms with E-state index in [2.05, 4.69) is 29.6 Å². The maximum absolute atomic E-state index is 12.7. The van der Waals surface area contributed by atoms with Crippen LogP contribution in [0.4, 0.5) is 0 Å². The molecule has 2 N–H and O–H groups in total. The number of aryl methyl sites for hydroxylation is 1. The molecule has 0 heterocycles. The number of amides is 1. The number of carbonyl (C=O) groups excluding carboxylic acids is 1. The molecule has 0 radical (unpaired) electrons. The van der Waals surface area contributed by atoms with Crippen molar-refractivity contribution in [3.63, 3.8) is 0 Å². The number of carbonyl (C=O) groups is 2. The Kier molecular flexibility index (Phi) is 3.66. The molecule has 3 aliphatic rings. The van der Waals surface area contributed by atoms with Crippen molar-refractivity contribution in [3.05, 3.63) is 35.4 Å². The van der Waals surface area contributed by atoms with Crippen LogP contribution in [0.3, 0.4) is 0 Å². The SMILES string of the molecule is O=C(NCC1(C(=O)O)CCCCC1)C1CC12CCc1ccccc12. The molecule has 4 heteroatoms. The fraction of sp³-hybridized carbons (Fsp3) is 0.600. The van der Waals surface area contributed by atoms with E-state index in [1.807, 2.05) is 0 Å². The zero-order valence-corrected chi connectivity index (χ0v) is 14.0. The predicted octanol–water partition coefficient (Wildman–Crippen LogP) is 3.04. The van der Waals surface area contributed by atoms with Crippen LogP contribution in [0.1, 0.15) is 56.1 Å². The van der Waals surface area contributed by atoms with Gasteiger partial charge in [-0.3, -0.25) is 9.59 Å². The minimum absolute atomic E-state index is 0.0237. The lowest BCUT2D eigenvalue weighted by atomic mass is 9.74. The van der Waals surface area contributed by atoms with E-state index in [1.165, 1.54) is 11.1 Å². The standard InChI is InChI=1S/C20H25NO3/c22-17(21-13-19(18(23)24)9-4-1-5-10-19)16-12-20(16)11-8-14-6-2-3-7-15(14)20/h2-3,6-7,16H,1,4-5,8-13H2,(H,21,22)(H,23,24). The van der Waals surface area contributed by atoms with Gasteiger partial charge in [-0.05, 0) is 43.2 Å². The van der Waals surface area contributed by atoms with Gasteiger partial charge in [0.2, 0.25) is 5.91 Å². The molecule has 1 aromatic rings. The topological polar surface area (TPSA) is 66.4 Å². The molecule has 1 amide bonds. The van der Waals surface area contributed by atoms with Crippen LogP contribution in [0.5, 0.6) is 0 Å². The number of carboxylic acids is 1. The second-order valence-corrected chi connectivity index (χ2v) is 7.93. The molecule has 4 nitrogen and oxygen atoms in total. The van der Waals surface area contributed by atoms with Crippen molar-refractivity contribution in [2.24, 2.45) is 11.3 Å². The summed E-state index contributed by atoms with van der Waals surface area (Å²) in [6, 6.07) is 8.45. The Morgan fingerprint density at radius 3 is 2.62 bits per heavy atom. The predicted molar refractivity (Wildman–Crippen MR) is 90.7 cm³/mol. The summed E-state index contributed by atoms with van der Waals surface area (Å²) in [7, 11) is 0. The lowest BCUT2D eigenvalue weighted by molar-refractivity contribution is -0.151. The van der Waals surface area contributed by atoms with Gasteiger partial charge in [-0.15, -0.1) is 0 Å². The summed E-state index contributed by atoms with van der Waals surface area (Å²) >= 11 is 0. The zero-order valence-electron chi connectivity index (χ0n) is 14.0. The smallest absolute Gasteiger partial charge is 0.311 e. The third kappa shape index (κ3) is 2.35. The van der Waals surface area contributed by atoms with Crippen LogP contribution in [-0.2, 0) is 21.4 Å². The van der Waals surface area contributed by atoms with Crippen LogP contribution in [0.25, 0.3) is 0 Å². The molecule has 0 aromatic heterocycles. The number of nitrogens with one attached hydrogen (secondary N) is 1. The Morgan fingerprint density at radius 1 is 1.12 bits per heavy atom. The average Bonchev–Trinajstić information content (AvgIpc) is 3.23. The van der Waals surface area contributed by atoms with Gasteiger partial charge in [0.15, 0.2) is 0 Å². The van der Waals surface area contributed by atoms with E-state index in [4.69, 9.17) is 0 Å². The van der Waals surface area contributed by atoms with E-state index < -0.39 is 11.4 Å². The van der Waals surface area contributed by atoms with Crippen molar-refractivity contribution in [1.29, 1.82) is 0 Å². The highest BCUT2D eigenvalue weighted by Crippen LogP contribution is 2.61. The van der Waals surface area contributed by atoms with E-state index in [0.717, 1.165) is 38.5 Å². The first-order valence-electron chi connectivity index (χ1n) is 9.17. The van der Waals surface area contributed by atoms with Crippen molar-refractivity contribution in [3.8, 4) is 0 Å². The summed E-state index contributed by atoms with van der Waals surface area (Å²) in [5.41, 5.74) is 2.01. The Labute approximate surface area is 142 Å². The lowest BCUT2D eigenvalue weighted by Gasteiger charge is -2.33. The molecule has 2 atom stereocenters. The van der Waals surface area contributed by atoms with Crippen molar-refractivity contribution in [1.82, 2.24) is 5.32 Å². The third-order valence-corrected chi connectivity index (χ3v) is 6.65. The number of hydrogen-bond donors (Lipinski definition) is 2. The number of hydrogen-bond acceptors (Lipinski definition) is 2. The lowest BCUT2D eigenvalue weighted by Crippen LogP contribution is -2.45. The summed E-state index contributed by atoms with van der Waals surface area (Å²) in [5.74, 6) is -0.673. The number of aliphatic carboxylic acids is 1. The fourth-order valence-electron chi connectivity index (χ4n) is 5.01. The van der Waals surface area contributed by atoms with E-state index in [-0.39, 0.29) is 23.8 Å². The molecule has 1 aromatic carbocycles. The van der Waals surface area contributed by atoms with Gasteiger partial charge in [-0.1, -0.05) is 43.5 Å². The summed E-state index contributed by atoms with van der Waals surface area (Å²) in [6.45, 7) is 0.287. The van der Waals surface area contributed by atoms with Crippen molar-refractivity contribution in [2.45, 2.75) is 56.8 Å². The molecule has 24 heavy (non-hydrogen) atoms. The van der Waals surface area contributed by atoms with Gasteiger partial charge in [0.05, 0.1) is 5.41 Å². The first-order valence-corrected chi connectivity index (χ1v) is 9.17. The molecule has 0 bridgehead atoms. The van der Waals surface area contributed by atoms with Crippen LogP contribution >= 0.6 is 0 Å². The highest BCUT2D eigenvalue weighted by atomic mass is 16.4. The van der Waals surface area contributed by atoms with Gasteiger partial charge in [-0.25, -0.2) is 0 Å². The van der Waals surface area contributed by atoms with Crippen molar-refractivity contribution < 1.29 is 14.7 Å². The van der Waals surface area contributed by atoms with Crippen molar-refractivity contribution in [2.75, 3.05) is 6.54 Å². The quantitative estimate of drug-likeness (QED) is 0.893. The van der Waals surface area contributed by atoms with Crippen LogP contribution in [0, 0.1) is 11.3 Å². The second-order valence-electron chi connectivity index (χ2n) is 7.93. The van der Waals surface area contributed by atoms with Crippen LogP contribution in [0.15, 0.2) is 24.3 Å². The molecule has 2 unspecified atom stereocenters. The third-order valence-electron chi connectivity index (χ3n) is 6.65. The monoisotopic (exact) mass is 327 g/mol. The van der Waals surface area contributed by atoms with Crippen LogP contribution in [-0.4, -0.2) is 23.5 Å². The number of rotatable bonds is 4. The molecule has 1 spiro atoms. The van der Waals surface area contributed by atoms with Gasteiger partial charge in [0, 0.05) is 17.9 Å². The first kappa shape index (κ1) is 15.7. The van der Waals surface area contributed by atoms with Crippen LogP contribution < -0.4 is 5.32 Å². The first-order chi connectivity index (χ1) is 11.6. The number of carboxylic acid groups (broad SMARTS) is 1. The number of benzene rings is 1. The number of fused-ring (bicyclic) bond motifs is 2. The molecule has 128 valence electrons. The summed E-state index contributed by atoms with van der Waals surface area (Å²) in [4.78, 5) is 24.4. The van der Waals surface area contributed by atoms with E-state index in [1.54, 1.807) is 0 Å². The van der Waals surface area contributed by atoms with Crippen molar-refractivity contribution >= 4 is 11.9 Å². The Balaban J connectivity index is 1.43. The molecular weight excluding hydrogens is 302 g/mol. The minimum Gasteiger partial charge on any atom is -0.481 e.